The van der Waals surface area contributed by atoms with E-state index in [0.717, 1.165) is 26.0 Å². The first kappa shape index (κ1) is 13.6. The van der Waals surface area contributed by atoms with E-state index >= 15 is 0 Å². The topological polar surface area (TPSA) is 63.8 Å². The maximum absolute atomic E-state index is 6.13. The lowest BCUT2D eigenvalue weighted by Crippen LogP contribution is -2.10. The van der Waals surface area contributed by atoms with Crippen LogP contribution in [0, 0.1) is 0 Å². The molecule has 1 aromatic carbocycles. The van der Waals surface area contributed by atoms with E-state index in [1.807, 2.05) is 35.7 Å². The third-order valence-corrected chi connectivity index (χ3v) is 5.02. The second-order valence-corrected chi connectivity index (χ2v) is 6.31. The molecule has 0 bridgehead atoms. The van der Waals surface area contributed by atoms with Gasteiger partial charge >= 0.3 is 0 Å². The molecule has 0 saturated carbocycles. The van der Waals surface area contributed by atoms with Crippen molar-refractivity contribution >= 4 is 50.7 Å². The third-order valence-electron chi connectivity index (χ3n) is 2.70. The van der Waals surface area contributed by atoms with Crippen molar-refractivity contribution in [3.63, 3.8) is 0 Å². The van der Waals surface area contributed by atoms with Crippen molar-refractivity contribution in [2.24, 2.45) is 5.84 Å². The lowest BCUT2D eigenvalue weighted by molar-refractivity contribution is 1.06. The van der Waals surface area contributed by atoms with Gasteiger partial charge in [-0.15, -0.1) is 23.1 Å². The molecule has 0 fully saturated rings. The Morgan fingerprint density at radius 2 is 2.10 bits per heavy atom. The summed E-state index contributed by atoms with van der Waals surface area (Å²) in [5.74, 6) is 7.55. The van der Waals surface area contributed by atoms with Crippen molar-refractivity contribution in [3.8, 4) is 0 Å². The molecule has 0 radical (unpaired) electrons. The summed E-state index contributed by atoms with van der Waals surface area (Å²) >= 11 is 9.32. The normalized spacial score (nSPS) is 10.9. The number of hydrogen-bond acceptors (Lipinski definition) is 6. The lowest BCUT2D eigenvalue weighted by Gasteiger charge is -2.06. The Bertz CT molecular complexity index is 744. The van der Waals surface area contributed by atoms with Crippen LogP contribution in [0.25, 0.3) is 10.2 Å². The minimum Gasteiger partial charge on any atom is -0.308 e. The number of halogens is 1. The molecule has 3 N–H and O–H groups in total. The number of anilines is 1. The van der Waals surface area contributed by atoms with Crippen molar-refractivity contribution < 1.29 is 0 Å². The average molecular weight is 323 g/mol. The molecule has 102 valence electrons. The van der Waals surface area contributed by atoms with Crippen molar-refractivity contribution in [1.82, 2.24) is 9.97 Å². The quantitative estimate of drug-likeness (QED) is 0.433. The second kappa shape index (κ2) is 5.97. The molecule has 0 amide bonds. The number of nitrogens with two attached hydrogens (primary N) is 1. The first-order chi connectivity index (χ1) is 9.78. The Balaban J connectivity index is 1.86. The third kappa shape index (κ3) is 2.73. The number of benzene rings is 1. The molecule has 0 aliphatic heterocycles. The Morgan fingerprint density at radius 1 is 1.25 bits per heavy atom. The van der Waals surface area contributed by atoms with Gasteiger partial charge in [-0.3, -0.25) is 0 Å². The van der Waals surface area contributed by atoms with Gasteiger partial charge in [0.15, 0.2) is 5.82 Å². The van der Waals surface area contributed by atoms with Gasteiger partial charge in [0.05, 0.1) is 16.2 Å². The van der Waals surface area contributed by atoms with Crippen molar-refractivity contribution in [2.45, 2.75) is 10.6 Å². The van der Waals surface area contributed by atoms with E-state index < -0.39 is 0 Å². The SMILES string of the molecule is NNc1nc(CSc2ccccc2Cl)nc2sccc12. The van der Waals surface area contributed by atoms with E-state index in [-0.39, 0.29) is 0 Å². The van der Waals surface area contributed by atoms with Crippen molar-refractivity contribution in [3.05, 3.63) is 46.6 Å². The number of nitrogen functional groups attached to an aromatic ring is 1. The molecule has 7 heteroatoms. The lowest BCUT2D eigenvalue weighted by atomic mass is 10.4. The Hall–Kier alpha value is -1.34. The number of thiophene rings is 1. The molecule has 4 nitrogen and oxygen atoms in total. The highest BCUT2D eigenvalue weighted by Crippen LogP contribution is 2.30. The summed E-state index contributed by atoms with van der Waals surface area (Å²) < 4.78 is 0. The molecular formula is C13H11ClN4S2. The zero-order valence-electron chi connectivity index (χ0n) is 10.3. The first-order valence-corrected chi connectivity index (χ1v) is 8.10. The van der Waals surface area contributed by atoms with Gasteiger partial charge in [-0.25, -0.2) is 15.8 Å². The molecule has 0 unspecified atom stereocenters. The average Bonchev–Trinajstić information content (AvgIpc) is 2.94. The monoisotopic (exact) mass is 322 g/mol. The van der Waals surface area contributed by atoms with Gasteiger partial charge in [0.2, 0.25) is 0 Å². The van der Waals surface area contributed by atoms with E-state index in [0.29, 0.717) is 11.6 Å². The maximum atomic E-state index is 6.13. The van der Waals surface area contributed by atoms with E-state index in [1.165, 1.54) is 0 Å². The Labute approximate surface area is 129 Å². The summed E-state index contributed by atoms with van der Waals surface area (Å²) in [6.07, 6.45) is 0. The molecule has 0 aliphatic carbocycles. The summed E-state index contributed by atoms with van der Waals surface area (Å²) in [5, 5.41) is 3.67. The molecule has 2 heterocycles. The summed E-state index contributed by atoms with van der Waals surface area (Å²) in [6.45, 7) is 0. The molecule has 0 atom stereocenters. The molecular weight excluding hydrogens is 312 g/mol. The van der Waals surface area contributed by atoms with Gasteiger partial charge in [-0.2, -0.15) is 0 Å². The van der Waals surface area contributed by atoms with Gasteiger partial charge in [0.1, 0.15) is 10.7 Å². The van der Waals surface area contributed by atoms with Crippen LogP contribution in [0.1, 0.15) is 5.82 Å². The summed E-state index contributed by atoms with van der Waals surface area (Å²) in [4.78, 5) is 10.9. The molecule has 3 aromatic rings. The first-order valence-electron chi connectivity index (χ1n) is 5.86. The molecule has 0 saturated heterocycles. The highest BCUT2D eigenvalue weighted by molar-refractivity contribution is 7.98. The zero-order valence-corrected chi connectivity index (χ0v) is 12.7. The minimum atomic E-state index is 0.645. The molecule has 0 aliphatic rings. The number of fused-ring (bicyclic) bond motifs is 1. The maximum Gasteiger partial charge on any atom is 0.152 e. The van der Waals surface area contributed by atoms with Crippen LogP contribution in [0.2, 0.25) is 5.02 Å². The molecule has 20 heavy (non-hydrogen) atoms. The van der Waals surface area contributed by atoms with E-state index in [9.17, 15) is 0 Å². The van der Waals surface area contributed by atoms with Crippen LogP contribution in [0.5, 0.6) is 0 Å². The fourth-order valence-corrected chi connectivity index (χ4v) is 3.65. The van der Waals surface area contributed by atoms with Crippen molar-refractivity contribution in [2.75, 3.05) is 5.43 Å². The summed E-state index contributed by atoms with van der Waals surface area (Å²) in [6, 6.07) is 9.69. The van der Waals surface area contributed by atoms with Gasteiger partial charge in [0, 0.05) is 4.90 Å². The van der Waals surface area contributed by atoms with Gasteiger partial charge in [0.25, 0.3) is 0 Å². The Kier molecular flexibility index (Phi) is 4.07. The molecule has 3 rings (SSSR count). The van der Waals surface area contributed by atoms with E-state index in [2.05, 4.69) is 15.4 Å². The number of hydrazine groups is 1. The highest BCUT2D eigenvalue weighted by atomic mass is 35.5. The predicted molar refractivity (Wildman–Crippen MR) is 86.2 cm³/mol. The molecule has 2 aromatic heterocycles. The van der Waals surface area contributed by atoms with E-state index in [4.69, 9.17) is 17.4 Å². The van der Waals surface area contributed by atoms with Crippen LogP contribution < -0.4 is 11.3 Å². The van der Waals surface area contributed by atoms with Crippen LogP contribution in [0.4, 0.5) is 5.82 Å². The van der Waals surface area contributed by atoms with Crippen LogP contribution in [-0.2, 0) is 5.75 Å². The largest absolute Gasteiger partial charge is 0.308 e. The number of thioether (sulfide) groups is 1. The fourth-order valence-electron chi connectivity index (χ4n) is 1.78. The second-order valence-electron chi connectivity index (χ2n) is 3.99. The summed E-state index contributed by atoms with van der Waals surface area (Å²) in [7, 11) is 0. The van der Waals surface area contributed by atoms with Gasteiger partial charge < -0.3 is 5.43 Å². The van der Waals surface area contributed by atoms with Crippen LogP contribution in [0.3, 0.4) is 0 Å². The van der Waals surface area contributed by atoms with Crippen LogP contribution in [0.15, 0.2) is 40.6 Å². The summed E-state index contributed by atoms with van der Waals surface area (Å²) in [5.41, 5.74) is 2.63. The number of hydrogen-bond donors (Lipinski definition) is 2. The number of rotatable bonds is 4. The van der Waals surface area contributed by atoms with Crippen LogP contribution >= 0.6 is 34.7 Å². The number of aromatic nitrogens is 2. The van der Waals surface area contributed by atoms with Gasteiger partial charge in [-0.1, -0.05) is 23.7 Å². The van der Waals surface area contributed by atoms with E-state index in [1.54, 1.807) is 23.1 Å². The predicted octanol–water partition coefficient (Wildman–Crippen LogP) is 3.92. The fraction of sp³-hybridized carbons (Fsp3) is 0.0769. The minimum absolute atomic E-state index is 0.645. The standard InChI is InChI=1S/C13H11ClN4S2/c14-9-3-1-2-4-10(9)20-7-11-16-12(18-15)8-5-6-19-13(8)17-11/h1-6H,7,15H2,(H,16,17,18). The zero-order chi connectivity index (χ0) is 13.9. The smallest absolute Gasteiger partial charge is 0.152 e. The van der Waals surface area contributed by atoms with Crippen LogP contribution in [-0.4, -0.2) is 9.97 Å². The Morgan fingerprint density at radius 3 is 2.90 bits per heavy atom. The number of nitrogens with one attached hydrogen (secondary N) is 1. The van der Waals surface area contributed by atoms with Gasteiger partial charge in [-0.05, 0) is 23.6 Å². The molecule has 0 spiro atoms. The highest BCUT2D eigenvalue weighted by Gasteiger charge is 2.09. The number of nitrogens with zero attached hydrogens (tertiary/aromatic N) is 2. The van der Waals surface area contributed by atoms with Crippen molar-refractivity contribution in [1.29, 1.82) is 0 Å².